The standard InChI is InChI=1S/C37H47ClFN5O5/c1-41(2)25-12-14-43(15-13-25)26-18-27(22-49-28-10-8-23(9-11-28)37(47)48)44(20-26)35(45)17-24-16-31(38)33(19-32(24)39)40-36(46)30-21-42(3)34-7-5-4-6-29(30)34/h4-7,16,19,21,23,25-28H,8-15,17-18,20,22H2,1-3H3,(H,40,46)(H,47,48)/t23?,26-,27-,28?/m0/s1. The number of aromatic nitrogens is 1. The Morgan fingerprint density at radius 3 is 2.47 bits per heavy atom. The maximum absolute atomic E-state index is 15.6. The van der Waals surface area contributed by atoms with Crippen molar-refractivity contribution in [1.82, 2.24) is 19.3 Å². The molecule has 0 spiro atoms. The molecular weight excluding hydrogens is 649 g/mol. The number of piperidine rings is 1. The van der Waals surface area contributed by atoms with Crippen LogP contribution in [0.4, 0.5) is 10.1 Å². The number of hydrogen-bond donors (Lipinski definition) is 2. The molecule has 0 radical (unpaired) electrons. The molecule has 3 heterocycles. The molecule has 3 aliphatic rings. The zero-order valence-corrected chi connectivity index (χ0v) is 29.3. The average molecular weight is 696 g/mol. The Hall–Kier alpha value is -3.51. The zero-order valence-electron chi connectivity index (χ0n) is 28.5. The second kappa shape index (κ2) is 15.2. The number of carbonyl (C=O) groups is 3. The quantitative estimate of drug-likeness (QED) is 0.292. The van der Waals surface area contributed by atoms with E-state index in [0.717, 1.165) is 43.3 Å². The number of halogens is 2. The van der Waals surface area contributed by atoms with Crippen LogP contribution in [0.25, 0.3) is 10.9 Å². The molecular formula is C37H47ClFN5O5. The molecule has 6 rings (SSSR count). The number of aliphatic carboxylic acids is 1. The molecule has 10 nitrogen and oxygen atoms in total. The van der Waals surface area contributed by atoms with Crippen LogP contribution in [0.1, 0.15) is 60.9 Å². The summed E-state index contributed by atoms with van der Waals surface area (Å²) in [5, 5.41) is 13.0. The van der Waals surface area contributed by atoms with Crippen LogP contribution in [0.15, 0.2) is 42.6 Å². The van der Waals surface area contributed by atoms with E-state index in [9.17, 15) is 19.5 Å². The molecule has 1 aliphatic carbocycles. The molecule has 12 heteroatoms. The third-order valence-electron chi connectivity index (χ3n) is 10.9. The third kappa shape index (κ3) is 7.95. The van der Waals surface area contributed by atoms with Crippen LogP contribution in [0.3, 0.4) is 0 Å². The smallest absolute Gasteiger partial charge is 0.306 e. The molecule has 2 N–H and O–H groups in total. The number of aryl methyl sites for hydroxylation is 1. The molecule has 0 unspecified atom stereocenters. The molecule has 2 aromatic carbocycles. The van der Waals surface area contributed by atoms with Gasteiger partial charge in [-0.25, -0.2) is 4.39 Å². The number of carboxylic acid groups (broad SMARTS) is 1. The lowest BCUT2D eigenvalue weighted by Crippen LogP contribution is -2.47. The lowest BCUT2D eigenvalue weighted by atomic mass is 9.87. The monoisotopic (exact) mass is 695 g/mol. The molecule has 1 saturated carbocycles. The van der Waals surface area contributed by atoms with Gasteiger partial charge >= 0.3 is 5.97 Å². The fraction of sp³-hybridized carbons (Fsp3) is 0.541. The first-order chi connectivity index (χ1) is 23.5. The van der Waals surface area contributed by atoms with Crippen LogP contribution in [0.2, 0.25) is 5.02 Å². The zero-order chi connectivity index (χ0) is 34.8. The highest BCUT2D eigenvalue weighted by Gasteiger charge is 2.40. The van der Waals surface area contributed by atoms with Gasteiger partial charge in [0.1, 0.15) is 5.82 Å². The van der Waals surface area contributed by atoms with Gasteiger partial charge in [-0.2, -0.15) is 0 Å². The molecule has 264 valence electrons. The third-order valence-corrected chi connectivity index (χ3v) is 11.2. The first kappa shape index (κ1) is 35.3. The van der Waals surface area contributed by atoms with E-state index in [1.54, 1.807) is 6.20 Å². The van der Waals surface area contributed by atoms with Gasteiger partial charge in [0.05, 0.1) is 47.4 Å². The molecule has 2 aliphatic heterocycles. The highest BCUT2D eigenvalue weighted by molar-refractivity contribution is 6.34. The number of benzene rings is 2. The Morgan fingerprint density at radius 2 is 1.78 bits per heavy atom. The van der Waals surface area contributed by atoms with Gasteiger partial charge in [0.2, 0.25) is 5.91 Å². The Kier molecular flexibility index (Phi) is 10.9. The van der Waals surface area contributed by atoms with E-state index in [-0.39, 0.29) is 52.7 Å². The van der Waals surface area contributed by atoms with Crippen molar-refractivity contribution in [3.05, 3.63) is 64.6 Å². The fourth-order valence-electron chi connectivity index (χ4n) is 7.91. The first-order valence-corrected chi connectivity index (χ1v) is 17.7. The van der Waals surface area contributed by atoms with Gasteiger partial charge in [-0.05, 0) is 95.9 Å². The van der Waals surface area contributed by atoms with Gasteiger partial charge < -0.3 is 29.5 Å². The highest BCUT2D eigenvalue weighted by Crippen LogP contribution is 2.32. The number of likely N-dealkylation sites (tertiary alicyclic amines) is 2. The number of fused-ring (bicyclic) bond motifs is 1. The summed E-state index contributed by atoms with van der Waals surface area (Å²) in [6, 6.07) is 10.7. The van der Waals surface area contributed by atoms with Crippen LogP contribution >= 0.6 is 11.6 Å². The predicted octanol–water partition coefficient (Wildman–Crippen LogP) is 5.42. The number of anilines is 1. The van der Waals surface area contributed by atoms with Gasteiger partial charge in [-0.1, -0.05) is 29.8 Å². The molecule has 3 fully saturated rings. The molecule has 3 aromatic rings. The van der Waals surface area contributed by atoms with Crippen molar-refractivity contribution >= 4 is 46.0 Å². The van der Waals surface area contributed by atoms with E-state index in [4.69, 9.17) is 16.3 Å². The summed E-state index contributed by atoms with van der Waals surface area (Å²) in [7, 11) is 6.09. The minimum atomic E-state index is -0.751. The molecule has 0 bridgehead atoms. The second-order valence-corrected chi connectivity index (χ2v) is 14.6. The van der Waals surface area contributed by atoms with E-state index in [1.807, 2.05) is 40.8 Å². The minimum Gasteiger partial charge on any atom is -0.481 e. The molecule has 2 atom stereocenters. The normalized spacial score (nSPS) is 23.8. The lowest BCUT2D eigenvalue weighted by molar-refractivity contribution is -0.144. The second-order valence-electron chi connectivity index (χ2n) is 14.2. The van der Waals surface area contributed by atoms with Crippen molar-refractivity contribution in [2.24, 2.45) is 13.0 Å². The Labute approximate surface area is 292 Å². The van der Waals surface area contributed by atoms with Crippen molar-refractivity contribution in [3.8, 4) is 0 Å². The SMILES string of the molecule is CN(C)C1CCN([C@H]2C[C@@H](COC3CCC(C(=O)O)CC3)N(C(=O)Cc3cc(Cl)c(NC(=O)c4cn(C)c5ccccc45)cc3F)C2)CC1. The van der Waals surface area contributed by atoms with Crippen LogP contribution in [-0.4, -0.2) is 107 Å². The number of nitrogens with zero attached hydrogens (tertiary/aromatic N) is 4. The Bertz CT molecular complexity index is 1680. The van der Waals surface area contributed by atoms with Crippen LogP contribution < -0.4 is 5.32 Å². The van der Waals surface area contributed by atoms with Crippen molar-refractivity contribution in [3.63, 3.8) is 0 Å². The fourth-order valence-corrected chi connectivity index (χ4v) is 8.14. The Morgan fingerprint density at radius 1 is 1.06 bits per heavy atom. The average Bonchev–Trinajstić information content (AvgIpc) is 3.67. The number of nitrogens with one attached hydrogen (secondary N) is 1. The number of para-hydroxylation sites is 1. The number of rotatable bonds is 10. The van der Waals surface area contributed by atoms with E-state index in [2.05, 4.69) is 29.2 Å². The van der Waals surface area contributed by atoms with E-state index in [1.165, 1.54) is 12.1 Å². The van der Waals surface area contributed by atoms with Gasteiger partial charge in [-0.15, -0.1) is 0 Å². The van der Waals surface area contributed by atoms with E-state index in [0.29, 0.717) is 50.4 Å². The largest absolute Gasteiger partial charge is 0.481 e. The minimum absolute atomic E-state index is 0.0321. The summed E-state index contributed by atoms with van der Waals surface area (Å²) < 4.78 is 23.8. The van der Waals surface area contributed by atoms with Crippen molar-refractivity contribution in [1.29, 1.82) is 0 Å². The van der Waals surface area contributed by atoms with Crippen molar-refractivity contribution in [2.75, 3.05) is 45.7 Å². The van der Waals surface area contributed by atoms with Crippen molar-refractivity contribution < 1.29 is 28.6 Å². The molecule has 1 aromatic heterocycles. The number of hydrogen-bond acceptors (Lipinski definition) is 6. The maximum atomic E-state index is 15.6. The van der Waals surface area contributed by atoms with Gasteiger partial charge in [0.25, 0.3) is 5.91 Å². The van der Waals surface area contributed by atoms with Crippen molar-refractivity contribution in [2.45, 2.75) is 75.6 Å². The number of amides is 2. The van der Waals surface area contributed by atoms with Crippen LogP contribution in [0.5, 0.6) is 0 Å². The Balaban J connectivity index is 1.13. The summed E-state index contributed by atoms with van der Waals surface area (Å²) in [4.78, 5) is 45.1. The molecule has 2 saturated heterocycles. The van der Waals surface area contributed by atoms with Gasteiger partial charge in [-0.3, -0.25) is 19.3 Å². The number of carboxylic acids is 1. The maximum Gasteiger partial charge on any atom is 0.306 e. The van der Waals surface area contributed by atoms with Gasteiger partial charge in [0.15, 0.2) is 0 Å². The lowest BCUT2D eigenvalue weighted by Gasteiger charge is -2.38. The summed E-state index contributed by atoms with van der Waals surface area (Å²) >= 11 is 6.57. The number of ether oxygens (including phenoxy) is 1. The summed E-state index contributed by atoms with van der Waals surface area (Å²) in [5.74, 6) is -2.29. The van der Waals surface area contributed by atoms with Gasteiger partial charge in [0, 0.05) is 42.8 Å². The molecule has 2 amide bonds. The number of carbonyl (C=O) groups excluding carboxylic acids is 2. The topological polar surface area (TPSA) is 107 Å². The predicted molar refractivity (Wildman–Crippen MR) is 188 cm³/mol. The van der Waals surface area contributed by atoms with Crippen LogP contribution in [0, 0.1) is 11.7 Å². The highest BCUT2D eigenvalue weighted by atomic mass is 35.5. The summed E-state index contributed by atoms with van der Waals surface area (Å²) in [6.07, 6.45) is 6.99. The van der Waals surface area contributed by atoms with Crippen LogP contribution in [-0.2, 0) is 27.8 Å². The first-order valence-electron chi connectivity index (χ1n) is 17.4. The molecule has 49 heavy (non-hydrogen) atoms. The summed E-state index contributed by atoms with van der Waals surface area (Å²) in [5.41, 5.74) is 1.65. The van der Waals surface area contributed by atoms with E-state index < -0.39 is 17.7 Å². The van der Waals surface area contributed by atoms with E-state index >= 15 is 4.39 Å². The summed E-state index contributed by atoms with van der Waals surface area (Å²) in [6.45, 7) is 2.82.